The lowest BCUT2D eigenvalue weighted by Gasteiger charge is -2.23. The number of benzene rings is 2. The molecule has 0 saturated carbocycles. The molecule has 5 rings (SSSR count). The molecule has 1 atom stereocenters. The van der Waals surface area contributed by atoms with E-state index in [1.165, 1.54) is 11.1 Å². The average molecular weight is 426 g/mol. The molecular weight excluding hydrogens is 398 g/mol. The summed E-state index contributed by atoms with van der Waals surface area (Å²) >= 11 is 0. The molecule has 162 valence electrons. The van der Waals surface area contributed by atoms with E-state index >= 15 is 0 Å². The standard InChI is InChI=1S/C27H27N3O2/c1-17(2)18-9-11-19(12-10-18)21-13-23-22(25(31)14-21)15-30-27(28-23)26(24(29-30)16-32-3)20-7-5-4-6-8-20/h4-12,15,17,21H,13-14,16H2,1-3H3. The van der Waals surface area contributed by atoms with Crippen molar-refractivity contribution >= 4 is 11.4 Å². The third kappa shape index (κ3) is 3.63. The van der Waals surface area contributed by atoms with E-state index in [2.05, 4.69) is 50.2 Å². The molecule has 2 heterocycles. The van der Waals surface area contributed by atoms with Crippen LogP contribution in [0.3, 0.4) is 0 Å². The van der Waals surface area contributed by atoms with Crippen LogP contribution < -0.4 is 0 Å². The Kier molecular flexibility index (Phi) is 5.35. The number of carbonyl (C=O) groups excluding carboxylic acids is 1. The molecule has 1 aliphatic rings. The lowest BCUT2D eigenvalue weighted by molar-refractivity contribution is 0.0962. The van der Waals surface area contributed by atoms with E-state index in [4.69, 9.17) is 14.8 Å². The van der Waals surface area contributed by atoms with E-state index < -0.39 is 0 Å². The van der Waals surface area contributed by atoms with E-state index in [1.807, 2.05) is 24.4 Å². The van der Waals surface area contributed by atoms with Crippen molar-refractivity contribution in [1.29, 1.82) is 0 Å². The van der Waals surface area contributed by atoms with Gasteiger partial charge in [-0.2, -0.15) is 5.10 Å². The molecule has 0 saturated heterocycles. The molecule has 4 aromatic rings. The fraction of sp³-hybridized carbons (Fsp3) is 0.296. The van der Waals surface area contributed by atoms with E-state index in [9.17, 15) is 4.79 Å². The summed E-state index contributed by atoms with van der Waals surface area (Å²) in [5.41, 5.74) is 7.65. The van der Waals surface area contributed by atoms with Crippen LogP contribution in [0, 0.1) is 0 Å². The topological polar surface area (TPSA) is 56.5 Å². The minimum absolute atomic E-state index is 0.128. The highest BCUT2D eigenvalue weighted by Gasteiger charge is 2.29. The van der Waals surface area contributed by atoms with Gasteiger partial charge in [-0.25, -0.2) is 9.50 Å². The first-order valence-corrected chi connectivity index (χ1v) is 11.1. The number of ketones is 1. The number of rotatable bonds is 5. The van der Waals surface area contributed by atoms with E-state index in [1.54, 1.807) is 11.6 Å². The highest BCUT2D eigenvalue weighted by molar-refractivity contribution is 5.99. The normalized spacial score (nSPS) is 16.0. The Morgan fingerprint density at radius 3 is 2.50 bits per heavy atom. The second kappa shape index (κ2) is 8.32. The monoisotopic (exact) mass is 425 g/mol. The van der Waals surface area contributed by atoms with Crippen molar-refractivity contribution in [1.82, 2.24) is 14.6 Å². The molecule has 0 fully saturated rings. The van der Waals surface area contributed by atoms with Crippen molar-refractivity contribution in [3.8, 4) is 11.1 Å². The molecule has 1 unspecified atom stereocenters. The van der Waals surface area contributed by atoms with Gasteiger partial charge in [0.15, 0.2) is 11.4 Å². The maximum atomic E-state index is 13.1. The Morgan fingerprint density at radius 2 is 1.81 bits per heavy atom. The van der Waals surface area contributed by atoms with E-state index in [0.717, 1.165) is 34.6 Å². The molecule has 0 radical (unpaired) electrons. The van der Waals surface area contributed by atoms with Crippen molar-refractivity contribution in [3.05, 3.63) is 88.9 Å². The number of Topliss-reactive ketones (excluding diaryl/α,β-unsaturated/α-hetero) is 1. The summed E-state index contributed by atoms with van der Waals surface area (Å²) in [7, 11) is 1.66. The number of carbonyl (C=O) groups is 1. The predicted octanol–water partition coefficient (Wildman–Crippen LogP) is 5.58. The molecule has 0 amide bonds. The van der Waals surface area contributed by atoms with Crippen LogP contribution in [0.5, 0.6) is 0 Å². The third-order valence-corrected chi connectivity index (χ3v) is 6.35. The molecule has 0 N–H and O–H groups in total. The van der Waals surface area contributed by atoms with Gasteiger partial charge in [0.1, 0.15) is 0 Å². The minimum atomic E-state index is 0.128. The first kappa shape index (κ1) is 20.6. The Morgan fingerprint density at radius 1 is 1.06 bits per heavy atom. The first-order valence-electron chi connectivity index (χ1n) is 11.1. The molecule has 0 aliphatic heterocycles. The zero-order valence-corrected chi connectivity index (χ0v) is 18.7. The lowest BCUT2D eigenvalue weighted by Crippen LogP contribution is -2.21. The molecule has 5 heteroatoms. The Hall–Kier alpha value is -3.31. The van der Waals surface area contributed by atoms with E-state index in [0.29, 0.717) is 24.5 Å². The van der Waals surface area contributed by atoms with Gasteiger partial charge in [0, 0.05) is 19.7 Å². The first-order chi connectivity index (χ1) is 15.5. The van der Waals surface area contributed by atoms with Crippen LogP contribution in [-0.4, -0.2) is 27.5 Å². The quantitative estimate of drug-likeness (QED) is 0.419. The third-order valence-electron chi connectivity index (χ3n) is 6.35. The number of ether oxygens (including phenoxy) is 1. The second-order valence-corrected chi connectivity index (χ2v) is 8.84. The van der Waals surface area contributed by atoms with Crippen molar-refractivity contribution < 1.29 is 9.53 Å². The second-order valence-electron chi connectivity index (χ2n) is 8.84. The van der Waals surface area contributed by atoms with Crippen LogP contribution >= 0.6 is 0 Å². The van der Waals surface area contributed by atoms with Gasteiger partial charge in [-0.1, -0.05) is 68.4 Å². The van der Waals surface area contributed by atoms with Gasteiger partial charge in [0.25, 0.3) is 0 Å². The summed E-state index contributed by atoms with van der Waals surface area (Å²) in [6.07, 6.45) is 3.10. The molecule has 1 aliphatic carbocycles. The Balaban J connectivity index is 1.58. The Labute approximate surface area is 188 Å². The van der Waals surface area contributed by atoms with E-state index in [-0.39, 0.29) is 11.7 Å². The van der Waals surface area contributed by atoms with Crippen molar-refractivity contribution in [2.45, 2.75) is 45.1 Å². The summed E-state index contributed by atoms with van der Waals surface area (Å²) in [5.74, 6) is 0.767. The minimum Gasteiger partial charge on any atom is -0.378 e. The molecule has 5 nitrogen and oxygen atoms in total. The van der Waals surface area contributed by atoms with Crippen LogP contribution in [0.4, 0.5) is 0 Å². The van der Waals surface area contributed by atoms with Gasteiger partial charge in [0.2, 0.25) is 0 Å². The summed E-state index contributed by atoms with van der Waals surface area (Å²) in [6, 6.07) is 18.8. The Bertz CT molecular complexity index is 1270. The zero-order chi connectivity index (χ0) is 22.2. The van der Waals surface area contributed by atoms with Gasteiger partial charge < -0.3 is 4.74 Å². The highest BCUT2D eigenvalue weighted by atomic mass is 16.5. The number of hydrogen-bond donors (Lipinski definition) is 0. The number of fused-ring (bicyclic) bond motifs is 2. The van der Waals surface area contributed by atoms with Gasteiger partial charge in [-0.15, -0.1) is 0 Å². The summed E-state index contributed by atoms with van der Waals surface area (Å²) in [5, 5.41) is 4.70. The maximum Gasteiger partial charge on any atom is 0.166 e. The van der Waals surface area contributed by atoms with Crippen molar-refractivity contribution in [2.75, 3.05) is 7.11 Å². The van der Waals surface area contributed by atoms with Crippen molar-refractivity contribution in [2.24, 2.45) is 0 Å². The molecule has 0 bridgehead atoms. The van der Waals surface area contributed by atoms with Crippen LogP contribution in [0.1, 0.15) is 65.0 Å². The summed E-state index contributed by atoms with van der Waals surface area (Å²) in [4.78, 5) is 18.1. The fourth-order valence-electron chi connectivity index (χ4n) is 4.61. The summed E-state index contributed by atoms with van der Waals surface area (Å²) in [6.45, 7) is 4.77. The molecule has 32 heavy (non-hydrogen) atoms. The SMILES string of the molecule is COCc1nn2cc3c(nc2c1-c1ccccc1)CC(c1ccc(C(C)C)cc1)CC3=O. The van der Waals surface area contributed by atoms with Gasteiger partial charge in [0.05, 0.1) is 29.1 Å². The highest BCUT2D eigenvalue weighted by Crippen LogP contribution is 2.35. The van der Waals surface area contributed by atoms with Crippen molar-refractivity contribution in [3.63, 3.8) is 0 Å². The number of hydrogen-bond acceptors (Lipinski definition) is 4. The predicted molar refractivity (Wildman–Crippen MR) is 125 cm³/mol. The molecule has 0 spiro atoms. The van der Waals surface area contributed by atoms with Gasteiger partial charge in [-0.05, 0) is 34.9 Å². The number of aromatic nitrogens is 3. The van der Waals surface area contributed by atoms with Gasteiger partial charge >= 0.3 is 0 Å². The average Bonchev–Trinajstić information content (AvgIpc) is 3.15. The number of methoxy groups -OCH3 is 1. The van der Waals surface area contributed by atoms with Crippen LogP contribution in [0.2, 0.25) is 0 Å². The van der Waals surface area contributed by atoms with Crippen LogP contribution in [-0.2, 0) is 17.8 Å². The zero-order valence-electron chi connectivity index (χ0n) is 18.7. The van der Waals surface area contributed by atoms with Crippen LogP contribution in [0.15, 0.2) is 60.8 Å². The molecule has 2 aromatic carbocycles. The lowest BCUT2D eigenvalue weighted by atomic mass is 9.81. The smallest absolute Gasteiger partial charge is 0.166 e. The summed E-state index contributed by atoms with van der Waals surface area (Å²) < 4.78 is 7.14. The van der Waals surface area contributed by atoms with Crippen LogP contribution in [0.25, 0.3) is 16.8 Å². The molecular formula is C27H27N3O2. The number of nitrogens with zero attached hydrogens (tertiary/aromatic N) is 3. The van der Waals surface area contributed by atoms with Gasteiger partial charge in [-0.3, -0.25) is 4.79 Å². The maximum absolute atomic E-state index is 13.1. The largest absolute Gasteiger partial charge is 0.378 e. The fourth-order valence-corrected chi connectivity index (χ4v) is 4.61. The molecule has 2 aromatic heterocycles.